The Hall–Kier alpha value is -1.02. The van der Waals surface area contributed by atoms with Gasteiger partial charge in [-0.25, -0.2) is 4.39 Å². The number of allylic oxidation sites excluding steroid dienone is 1. The predicted molar refractivity (Wildman–Crippen MR) is 54.7 cm³/mol. The molecular formula is C10H11ClFN. The Balaban J connectivity index is 2.37. The molecule has 0 saturated carbocycles. The van der Waals surface area contributed by atoms with E-state index in [0.717, 1.165) is 5.69 Å². The zero-order chi connectivity index (χ0) is 9.52. The van der Waals surface area contributed by atoms with Crippen LogP contribution in [0.15, 0.2) is 36.4 Å². The molecule has 0 heterocycles. The molecule has 0 aliphatic carbocycles. The summed E-state index contributed by atoms with van der Waals surface area (Å²) in [4.78, 5) is 0. The van der Waals surface area contributed by atoms with Gasteiger partial charge >= 0.3 is 0 Å². The van der Waals surface area contributed by atoms with Crippen LogP contribution < -0.4 is 5.32 Å². The van der Waals surface area contributed by atoms with Crippen molar-refractivity contribution < 1.29 is 4.39 Å². The first-order chi connectivity index (χ1) is 6.33. The lowest BCUT2D eigenvalue weighted by atomic mass is 10.3. The zero-order valence-electron chi connectivity index (χ0n) is 7.13. The zero-order valence-corrected chi connectivity index (χ0v) is 7.89. The number of hydrogen-bond acceptors (Lipinski definition) is 1. The van der Waals surface area contributed by atoms with E-state index >= 15 is 0 Å². The van der Waals surface area contributed by atoms with Gasteiger partial charge in [0.15, 0.2) is 0 Å². The van der Waals surface area contributed by atoms with Crippen molar-refractivity contribution in [1.29, 1.82) is 0 Å². The predicted octanol–water partition coefficient (Wildman–Crippen LogP) is 3.03. The van der Waals surface area contributed by atoms with Crippen LogP contribution in [0.3, 0.4) is 0 Å². The van der Waals surface area contributed by atoms with Gasteiger partial charge in [-0.05, 0) is 24.3 Å². The lowest BCUT2D eigenvalue weighted by Crippen LogP contribution is -1.97. The average molecular weight is 200 g/mol. The fraction of sp³-hybridized carbons (Fsp3) is 0.200. The van der Waals surface area contributed by atoms with Crippen molar-refractivity contribution in [2.45, 2.75) is 0 Å². The lowest BCUT2D eigenvalue weighted by Gasteiger charge is -2.01. The molecule has 0 bridgehead atoms. The highest BCUT2D eigenvalue weighted by Crippen LogP contribution is 2.07. The fourth-order valence-electron chi connectivity index (χ4n) is 0.891. The van der Waals surface area contributed by atoms with Crippen molar-refractivity contribution >= 4 is 17.3 Å². The minimum Gasteiger partial charge on any atom is -0.382 e. The second-order valence-corrected chi connectivity index (χ2v) is 2.82. The maximum absolute atomic E-state index is 12.5. The first-order valence-corrected chi connectivity index (χ1v) is 4.57. The number of benzene rings is 1. The highest BCUT2D eigenvalue weighted by Gasteiger charge is 1.89. The number of rotatable bonds is 4. The maximum Gasteiger partial charge on any atom is 0.123 e. The van der Waals surface area contributed by atoms with Crippen LogP contribution in [0, 0.1) is 5.82 Å². The summed E-state index contributed by atoms with van der Waals surface area (Å²) in [5.41, 5.74) is 0.903. The largest absolute Gasteiger partial charge is 0.382 e. The first-order valence-electron chi connectivity index (χ1n) is 4.03. The van der Waals surface area contributed by atoms with Crippen LogP contribution >= 0.6 is 11.6 Å². The molecule has 0 spiro atoms. The molecule has 0 fully saturated rings. The molecule has 0 unspecified atom stereocenters. The molecule has 0 saturated heterocycles. The fourth-order valence-corrected chi connectivity index (χ4v) is 1.02. The quantitative estimate of drug-likeness (QED) is 0.581. The van der Waals surface area contributed by atoms with Crippen molar-refractivity contribution in [3.63, 3.8) is 0 Å². The number of halogens is 2. The minimum atomic E-state index is -0.221. The molecule has 1 nitrogen and oxygen atoms in total. The van der Waals surface area contributed by atoms with Crippen molar-refractivity contribution in [3.05, 3.63) is 42.2 Å². The van der Waals surface area contributed by atoms with Crippen LogP contribution in [0.25, 0.3) is 0 Å². The Morgan fingerprint density at radius 2 is 1.92 bits per heavy atom. The molecule has 1 aromatic carbocycles. The van der Waals surface area contributed by atoms with E-state index in [1.165, 1.54) is 12.1 Å². The molecule has 0 aromatic heterocycles. The molecule has 0 atom stereocenters. The Bertz CT molecular complexity index is 269. The second kappa shape index (κ2) is 5.60. The van der Waals surface area contributed by atoms with Crippen molar-refractivity contribution in [3.8, 4) is 0 Å². The van der Waals surface area contributed by atoms with Crippen LogP contribution in [-0.4, -0.2) is 12.4 Å². The average Bonchev–Trinajstić information content (AvgIpc) is 2.15. The monoisotopic (exact) mass is 199 g/mol. The van der Waals surface area contributed by atoms with Gasteiger partial charge in [0.25, 0.3) is 0 Å². The second-order valence-electron chi connectivity index (χ2n) is 2.51. The molecule has 0 radical (unpaired) electrons. The third kappa shape index (κ3) is 3.95. The van der Waals surface area contributed by atoms with Gasteiger partial charge in [0.2, 0.25) is 0 Å². The van der Waals surface area contributed by atoms with Gasteiger partial charge in [-0.3, -0.25) is 0 Å². The van der Waals surface area contributed by atoms with Crippen molar-refractivity contribution in [2.75, 3.05) is 17.7 Å². The SMILES string of the molecule is Fc1ccc(NC/C=C/CCl)cc1. The summed E-state index contributed by atoms with van der Waals surface area (Å²) < 4.78 is 12.5. The first kappa shape index (κ1) is 10.1. The highest BCUT2D eigenvalue weighted by atomic mass is 35.5. The smallest absolute Gasteiger partial charge is 0.123 e. The summed E-state index contributed by atoms with van der Waals surface area (Å²) in [6, 6.07) is 6.24. The van der Waals surface area contributed by atoms with Gasteiger partial charge < -0.3 is 5.32 Å². The minimum absolute atomic E-state index is 0.221. The Labute approximate surface area is 82.2 Å². The molecule has 1 rings (SSSR count). The van der Waals surface area contributed by atoms with Crippen molar-refractivity contribution in [1.82, 2.24) is 0 Å². The summed E-state index contributed by atoms with van der Waals surface area (Å²) >= 11 is 5.44. The van der Waals surface area contributed by atoms with Crippen LogP contribution in [0.5, 0.6) is 0 Å². The molecular weight excluding hydrogens is 189 g/mol. The van der Waals surface area contributed by atoms with E-state index in [0.29, 0.717) is 12.4 Å². The van der Waals surface area contributed by atoms with E-state index in [2.05, 4.69) is 5.32 Å². The maximum atomic E-state index is 12.5. The summed E-state index contributed by atoms with van der Waals surface area (Å²) in [6.45, 7) is 0.707. The van der Waals surface area contributed by atoms with Crippen molar-refractivity contribution in [2.24, 2.45) is 0 Å². The highest BCUT2D eigenvalue weighted by molar-refractivity contribution is 6.18. The number of nitrogens with one attached hydrogen (secondary N) is 1. The molecule has 0 aliphatic rings. The summed E-state index contributed by atoms with van der Waals surface area (Å²) in [6.07, 6.45) is 3.79. The number of hydrogen-bond donors (Lipinski definition) is 1. The molecule has 3 heteroatoms. The normalized spacial score (nSPS) is 10.6. The van der Waals surface area contributed by atoms with Crippen LogP contribution in [-0.2, 0) is 0 Å². The molecule has 70 valence electrons. The Kier molecular flexibility index (Phi) is 4.33. The summed E-state index contributed by atoms with van der Waals surface area (Å²) in [5, 5.41) is 3.09. The van der Waals surface area contributed by atoms with Crippen LogP contribution in [0.1, 0.15) is 0 Å². The third-order valence-corrected chi connectivity index (χ3v) is 1.70. The van der Waals surface area contributed by atoms with Gasteiger partial charge in [-0.1, -0.05) is 12.2 Å². The summed E-state index contributed by atoms with van der Waals surface area (Å²) in [5.74, 6) is 0.298. The topological polar surface area (TPSA) is 12.0 Å². The Morgan fingerprint density at radius 1 is 1.23 bits per heavy atom. The van der Waals surface area contributed by atoms with Gasteiger partial charge in [-0.2, -0.15) is 0 Å². The van der Waals surface area contributed by atoms with E-state index in [4.69, 9.17) is 11.6 Å². The van der Waals surface area contributed by atoms with E-state index in [-0.39, 0.29) is 5.82 Å². The molecule has 1 aromatic rings. The molecule has 0 amide bonds. The van der Waals surface area contributed by atoms with Gasteiger partial charge in [0.1, 0.15) is 5.82 Å². The molecule has 13 heavy (non-hydrogen) atoms. The summed E-state index contributed by atoms with van der Waals surface area (Å²) in [7, 11) is 0. The Morgan fingerprint density at radius 3 is 2.54 bits per heavy atom. The van der Waals surface area contributed by atoms with Gasteiger partial charge in [-0.15, -0.1) is 11.6 Å². The number of anilines is 1. The third-order valence-electron chi connectivity index (χ3n) is 1.52. The van der Waals surface area contributed by atoms with E-state index in [9.17, 15) is 4.39 Å². The van der Waals surface area contributed by atoms with Crippen LogP contribution in [0.2, 0.25) is 0 Å². The van der Waals surface area contributed by atoms with Crippen LogP contribution in [0.4, 0.5) is 10.1 Å². The lowest BCUT2D eigenvalue weighted by molar-refractivity contribution is 0.628. The van der Waals surface area contributed by atoms with E-state index in [1.54, 1.807) is 12.1 Å². The standard InChI is InChI=1S/C10H11ClFN/c11-7-1-2-8-13-10-5-3-9(12)4-6-10/h1-6,13H,7-8H2/b2-1+. The van der Waals surface area contributed by atoms with E-state index < -0.39 is 0 Å². The number of alkyl halides is 1. The van der Waals surface area contributed by atoms with E-state index in [1.807, 2.05) is 12.2 Å². The van der Waals surface area contributed by atoms with Gasteiger partial charge in [0.05, 0.1) is 0 Å². The van der Waals surface area contributed by atoms with Gasteiger partial charge in [0, 0.05) is 18.1 Å². The molecule has 1 N–H and O–H groups in total. The molecule has 0 aliphatic heterocycles.